The first kappa shape index (κ1) is 13.7. The number of anilines is 1. The number of ether oxygens (including phenoxy) is 1. The predicted molar refractivity (Wildman–Crippen MR) is 66.8 cm³/mol. The average molecular weight is 246 g/mol. The van der Waals surface area contributed by atoms with E-state index in [1.165, 1.54) is 18.2 Å². The van der Waals surface area contributed by atoms with Gasteiger partial charge < -0.3 is 4.74 Å². The Morgan fingerprint density at radius 1 is 1.44 bits per heavy atom. The summed E-state index contributed by atoms with van der Waals surface area (Å²) in [7, 11) is 2.88. The zero-order valence-corrected chi connectivity index (χ0v) is 10.3. The predicted octanol–water partition coefficient (Wildman–Crippen LogP) is 0.979. The summed E-state index contributed by atoms with van der Waals surface area (Å²) in [4.78, 5) is 28.1. The molecule has 0 aliphatic heterocycles. The minimum Gasteiger partial charge on any atom is -0.469 e. The number of terminal acetylenes is 1. The number of methoxy groups -OCH3 is 1. The SMILES string of the molecule is C#Cc1ccc(N(C)C(=O)CCC(=O)OC)nc1. The second-order valence-corrected chi connectivity index (χ2v) is 3.58. The molecule has 0 unspecified atom stereocenters. The van der Waals surface area contributed by atoms with Gasteiger partial charge in [0.05, 0.1) is 13.5 Å². The van der Waals surface area contributed by atoms with E-state index in [0.29, 0.717) is 11.4 Å². The summed E-state index contributed by atoms with van der Waals surface area (Å²) in [5.74, 6) is 2.32. The van der Waals surface area contributed by atoms with E-state index in [2.05, 4.69) is 15.6 Å². The number of hydrogen-bond donors (Lipinski definition) is 0. The minimum atomic E-state index is -0.410. The molecule has 0 fully saturated rings. The van der Waals surface area contributed by atoms with Crippen molar-refractivity contribution in [2.75, 3.05) is 19.1 Å². The van der Waals surface area contributed by atoms with Crippen LogP contribution in [0.15, 0.2) is 18.3 Å². The van der Waals surface area contributed by atoms with E-state index in [4.69, 9.17) is 6.42 Å². The lowest BCUT2D eigenvalue weighted by atomic mass is 10.2. The summed E-state index contributed by atoms with van der Waals surface area (Å²) in [6, 6.07) is 3.36. The highest BCUT2D eigenvalue weighted by Crippen LogP contribution is 2.11. The first-order valence-corrected chi connectivity index (χ1v) is 5.34. The van der Waals surface area contributed by atoms with E-state index in [9.17, 15) is 9.59 Å². The van der Waals surface area contributed by atoms with Gasteiger partial charge >= 0.3 is 5.97 Å². The fourth-order valence-corrected chi connectivity index (χ4v) is 1.28. The molecule has 0 bridgehead atoms. The molecular formula is C13H14N2O3. The molecule has 1 heterocycles. The number of amides is 1. The first-order chi connectivity index (χ1) is 8.58. The van der Waals surface area contributed by atoms with Gasteiger partial charge in [-0.2, -0.15) is 0 Å². The lowest BCUT2D eigenvalue weighted by molar-refractivity contribution is -0.141. The molecule has 0 aromatic carbocycles. The monoisotopic (exact) mass is 246 g/mol. The highest BCUT2D eigenvalue weighted by Gasteiger charge is 2.13. The molecule has 0 aliphatic carbocycles. The molecule has 1 rings (SSSR count). The largest absolute Gasteiger partial charge is 0.469 e. The summed E-state index contributed by atoms with van der Waals surface area (Å²) in [5.41, 5.74) is 0.647. The molecule has 0 radical (unpaired) electrons. The van der Waals surface area contributed by atoms with Gasteiger partial charge in [0, 0.05) is 25.2 Å². The van der Waals surface area contributed by atoms with Crippen LogP contribution in [0.4, 0.5) is 5.82 Å². The van der Waals surface area contributed by atoms with Crippen molar-refractivity contribution in [1.29, 1.82) is 0 Å². The third-order valence-electron chi connectivity index (χ3n) is 2.40. The van der Waals surface area contributed by atoms with E-state index in [1.54, 1.807) is 19.2 Å². The van der Waals surface area contributed by atoms with Crippen molar-refractivity contribution < 1.29 is 14.3 Å². The maximum atomic E-state index is 11.8. The van der Waals surface area contributed by atoms with Crippen molar-refractivity contribution in [3.05, 3.63) is 23.9 Å². The highest BCUT2D eigenvalue weighted by atomic mass is 16.5. The summed E-state index contributed by atoms with van der Waals surface area (Å²) in [5, 5.41) is 0. The van der Waals surface area contributed by atoms with Crippen molar-refractivity contribution in [1.82, 2.24) is 4.98 Å². The molecular weight excluding hydrogens is 232 g/mol. The van der Waals surface area contributed by atoms with Crippen LogP contribution in [0.5, 0.6) is 0 Å². The number of carbonyl (C=O) groups is 2. The molecule has 0 spiro atoms. The zero-order valence-electron chi connectivity index (χ0n) is 10.3. The zero-order chi connectivity index (χ0) is 13.5. The van der Waals surface area contributed by atoms with E-state index < -0.39 is 5.97 Å². The number of hydrogen-bond acceptors (Lipinski definition) is 4. The molecule has 0 aliphatic rings. The Balaban J connectivity index is 2.62. The van der Waals surface area contributed by atoms with Gasteiger partial charge in [0.1, 0.15) is 5.82 Å². The second kappa shape index (κ2) is 6.40. The van der Waals surface area contributed by atoms with Crippen LogP contribution < -0.4 is 4.90 Å². The average Bonchev–Trinajstić information content (AvgIpc) is 2.43. The van der Waals surface area contributed by atoms with E-state index in [1.807, 2.05) is 0 Å². The van der Waals surface area contributed by atoms with Gasteiger partial charge in [-0.25, -0.2) is 4.98 Å². The van der Waals surface area contributed by atoms with Crippen LogP contribution >= 0.6 is 0 Å². The smallest absolute Gasteiger partial charge is 0.306 e. The molecule has 18 heavy (non-hydrogen) atoms. The van der Waals surface area contributed by atoms with E-state index in [0.717, 1.165) is 0 Å². The molecule has 1 aromatic rings. The molecule has 1 aromatic heterocycles. The number of aromatic nitrogens is 1. The Morgan fingerprint density at radius 2 is 2.17 bits per heavy atom. The third kappa shape index (κ3) is 3.59. The molecule has 0 saturated carbocycles. The van der Waals surface area contributed by atoms with Gasteiger partial charge in [-0.05, 0) is 12.1 Å². The number of rotatable bonds is 4. The molecule has 0 atom stereocenters. The van der Waals surface area contributed by atoms with Crippen molar-refractivity contribution in [3.63, 3.8) is 0 Å². The number of carbonyl (C=O) groups excluding carboxylic acids is 2. The van der Waals surface area contributed by atoms with Crippen molar-refractivity contribution >= 4 is 17.7 Å². The van der Waals surface area contributed by atoms with Crippen molar-refractivity contribution in [2.24, 2.45) is 0 Å². The van der Waals surface area contributed by atoms with Crippen LogP contribution in [0, 0.1) is 12.3 Å². The van der Waals surface area contributed by atoms with Crippen LogP contribution in [0.3, 0.4) is 0 Å². The normalized spacial score (nSPS) is 9.39. The Labute approximate surface area is 106 Å². The Kier molecular flexibility index (Phi) is 4.88. The lowest BCUT2D eigenvalue weighted by Gasteiger charge is -2.15. The standard InChI is InChI=1S/C13H14N2O3/c1-4-10-5-6-11(14-9-10)15(2)12(16)7-8-13(17)18-3/h1,5-6,9H,7-8H2,2-3H3. The van der Waals surface area contributed by atoms with Crippen LogP contribution in [0.1, 0.15) is 18.4 Å². The van der Waals surface area contributed by atoms with E-state index in [-0.39, 0.29) is 18.7 Å². The molecule has 94 valence electrons. The molecule has 5 nitrogen and oxygen atoms in total. The van der Waals surface area contributed by atoms with Gasteiger partial charge in [-0.1, -0.05) is 5.92 Å². The number of esters is 1. The van der Waals surface area contributed by atoms with Crippen LogP contribution in [-0.2, 0) is 14.3 Å². The first-order valence-electron chi connectivity index (χ1n) is 5.34. The van der Waals surface area contributed by atoms with Crippen LogP contribution in [-0.4, -0.2) is 31.0 Å². The minimum absolute atomic E-state index is 0.0577. The van der Waals surface area contributed by atoms with Gasteiger partial charge in [0.25, 0.3) is 0 Å². The maximum Gasteiger partial charge on any atom is 0.306 e. The topological polar surface area (TPSA) is 59.5 Å². The van der Waals surface area contributed by atoms with Crippen molar-refractivity contribution in [2.45, 2.75) is 12.8 Å². The molecule has 0 saturated heterocycles. The molecule has 0 N–H and O–H groups in total. The van der Waals surface area contributed by atoms with Gasteiger partial charge in [-0.15, -0.1) is 6.42 Å². The van der Waals surface area contributed by atoms with Gasteiger partial charge in [0.15, 0.2) is 0 Å². The summed E-state index contributed by atoms with van der Waals surface area (Å²) >= 11 is 0. The summed E-state index contributed by atoms with van der Waals surface area (Å²) < 4.78 is 4.47. The van der Waals surface area contributed by atoms with Crippen LogP contribution in [0.2, 0.25) is 0 Å². The fourth-order valence-electron chi connectivity index (χ4n) is 1.28. The summed E-state index contributed by atoms with van der Waals surface area (Å²) in [6.07, 6.45) is 6.87. The Hall–Kier alpha value is -2.35. The highest BCUT2D eigenvalue weighted by molar-refractivity contribution is 5.93. The third-order valence-corrected chi connectivity index (χ3v) is 2.40. The van der Waals surface area contributed by atoms with Crippen LogP contribution in [0.25, 0.3) is 0 Å². The Morgan fingerprint density at radius 3 is 2.67 bits per heavy atom. The maximum absolute atomic E-state index is 11.8. The second-order valence-electron chi connectivity index (χ2n) is 3.58. The fraction of sp³-hybridized carbons (Fsp3) is 0.308. The van der Waals surface area contributed by atoms with Crippen molar-refractivity contribution in [3.8, 4) is 12.3 Å². The van der Waals surface area contributed by atoms with Gasteiger partial charge in [-0.3, -0.25) is 14.5 Å². The Bertz CT molecular complexity index is 474. The summed E-state index contributed by atoms with van der Waals surface area (Å²) in [6.45, 7) is 0. The quantitative estimate of drug-likeness (QED) is 0.587. The molecule has 5 heteroatoms. The number of pyridine rings is 1. The van der Waals surface area contributed by atoms with E-state index >= 15 is 0 Å². The van der Waals surface area contributed by atoms with Gasteiger partial charge in [0.2, 0.25) is 5.91 Å². The lowest BCUT2D eigenvalue weighted by Crippen LogP contribution is -2.27. The molecule has 1 amide bonds. The number of nitrogens with zero attached hydrogens (tertiary/aromatic N) is 2.